The number of halogens is 1. The van der Waals surface area contributed by atoms with Gasteiger partial charge < -0.3 is 5.11 Å². The molecule has 0 saturated carbocycles. The Hall–Kier alpha value is 0.650. The molecule has 54 valence electrons. The highest BCUT2D eigenvalue weighted by atomic mass is 127. The van der Waals surface area contributed by atoms with E-state index in [1.54, 1.807) is 0 Å². The number of aliphatic hydroxyl groups excluding tert-OH is 1. The van der Waals surface area contributed by atoms with E-state index in [2.05, 4.69) is 27.5 Å². The van der Waals surface area contributed by atoms with Gasteiger partial charge in [0.2, 0.25) is 0 Å². The lowest BCUT2D eigenvalue weighted by atomic mass is 10.1. The molecule has 0 unspecified atom stereocenters. The molecule has 0 amide bonds. The highest BCUT2D eigenvalue weighted by Gasteiger charge is 2.14. The molecule has 0 spiro atoms. The van der Waals surface area contributed by atoms with Crippen LogP contribution < -0.4 is 0 Å². The van der Waals surface area contributed by atoms with E-state index in [4.69, 9.17) is 5.11 Å². The van der Waals surface area contributed by atoms with Crippen LogP contribution in [0, 0.1) is 0 Å². The number of likely N-dealkylation sites (tertiary alicyclic amines) is 1. The summed E-state index contributed by atoms with van der Waals surface area (Å²) in [7, 11) is 0. The Balaban J connectivity index is 2.18. The van der Waals surface area contributed by atoms with Gasteiger partial charge in [0.05, 0.1) is 10.7 Å². The largest absolute Gasteiger partial charge is 0.393 e. The fourth-order valence-corrected chi connectivity index (χ4v) is 1.72. The number of hydrogen-bond acceptors (Lipinski definition) is 2. The van der Waals surface area contributed by atoms with E-state index in [-0.39, 0.29) is 6.10 Å². The van der Waals surface area contributed by atoms with Crippen molar-refractivity contribution >= 4 is 22.6 Å². The lowest BCUT2D eigenvalue weighted by Gasteiger charge is -2.27. The van der Waals surface area contributed by atoms with Crippen molar-refractivity contribution in [2.24, 2.45) is 0 Å². The number of nitrogens with zero attached hydrogens (tertiary/aromatic N) is 1. The van der Waals surface area contributed by atoms with Crippen molar-refractivity contribution < 1.29 is 5.11 Å². The molecule has 0 atom stereocenters. The summed E-state index contributed by atoms with van der Waals surface area (Å²) in [5.74, 6) is 0. The smallest absolute Gasteiger partial charge is 0.0564 e. The van der Waals surface area contributed by atoms with Gasteiger partial charge in [0, 0.05) is 13.1 Å². The van der Waals surface area contributed by atoms with E-state index in [9.17, 15) is 0 Å². The molecule has 0 bridgehead atoms. The van der Waals surface area contributed by atoms with Gasteiger partial charge in [-0.15, -0.1) is 0 Å². The third-order valence-electron chi connectivity index (χ3n) is 1.73. The Morgan fingerprint density at radius 3 is 2.44 bits per heavy atom. The van der Waals surface area contributed by atoms with Gasteiger partial charge in [0.1, 0.15) is 0 Å². The molecule has 3 heteroatoms. The van der Waals surface area contributed by atoms with Gasteiger partial charge in [-0.25, -0.2) is 0 Å². The van der Waals surface area contributed by atoms with Gasteiger partial charge in [-0.2, -0.15) is 0 Å². The first-order chi connectivity index (χ1) is 4.33. The molecule has 1 rings (SSSR count). The van der Waals surface area contributed by atoms with Gasteiger partial charge >= 0.3 is 0 Å². The van der Waals surface area contributed by atoms with Crippen LogP contribution in [-0.4, -0.2) is 33.8 Å². The van der Waals surface area contributed by atoms with Gasteiger partial charge in [-0.1, -0.05) is 22.6 Å². The van der Waals surface area contributed by atoms with E-state index in [1.165, 1.54) is 0 Å². The molecular weight excluding hydrogens is 229 g/mol. The Kier molecular flexibility index (Phi) is 3.21. The molecular formula is C6H12INO. The van der Waals surface area contributed by atoms with Crippen molar-refractivity contribution in [2.45, 2.75) is 18.9 Å². The lowest BCUT2D eigenvalue weighted by molar-refractivity contribution is 0.0930. The highest BCUT2D eigenvalue weighted by Crippen LogP contribution is 2.10. The van der Waals surface area contributed by atoms with Crippen LogP contribution in [-0.2, 0) is 0 Å². The molecule has 0 aromatic rings. The second-order valence-electron chi connectivity index (χ2n) is 2.47. The van der Waals surface area contributed by atoms with Crippen molar-refractivity contribution in [2.75, 3.05) is 17.6 Å². The summed E-state index contributed by atoms with van der Waals surface area (Å²) in [6, 6.07) is 0. The van der Waals surface area contributed by atoms with Gasteiger partial charge in [0.15, 0.2) is 0 Å². The van der Waals surface area contributed by atoms with E-state index in [0.717, 1.165) is 30.5 Å². The van der Waals surface area contributed by atoms with Crippen LogP contribution in [0.4, 0.5) is 0 Å². The van der Waals surface area contributed by atoms with Crippen molar-refractivity contribution in [1.82, 2.24) is 4.90 Å². The van der Waals surface area contributed by atoms with Crippen molar-refractivity contribution in [1.29, 1.82) is 0 Å². The predicted molar refractivity (Wildman–Crippen MR) is 45.7 cm³/mol. The average molecular weight is 241 g/mol. The van der Waals surface area contributed by atoms with E-state index in [0.29, 0.717) is 0 Å². The van der Waals surface area contributed by atoms with Crippen molar-refractivity contribution in [3.8, 4) is 0 Å². The lowest BCUT2D eigenvalue weighted by Crippen LogP contribution is -2.34. The molecule has 1 aliphatic heterocycles. The highest BCUT2D eigenvalue weighted by molar-refractivity contribution is 14.1. The zero-order valence-electron chi connectivity index (χ0n) is 5.39. The van der Waals surface area contributed by atoms with Crippen LogP contribution in [0.3, 0.4) is 0 Å². The molecule has 1 fully saturated rings. The van der Waals surface area contributed by atoms with E-state index < -0.39 is 0 Å². The van der Waals surface area contributed by atoms with Crippen LogP contribution in [0.2, 0.25) is 0 Å². The van der Waals surface area contributed by atoms with Crippen LogP contribution in [0.25, 0.3) is 0 Å². The third-order valence-corrected chi connectivity index (χ3v) is 2.69. The van der Waals surface area contributed by atoms with Crippen LogP contribution in [0.5, 0.6) is 0 Å². The summed E-state index contributed by atoms with van der Waals surface area (Å²) < 4.78 is 1.10. The first-order valence-electron chi connectivity index (χ1n) is 3.29. The Labute approximate surface area is 69.4 Å². The maximum absolute atomic E-state index is 9.09. The Morgan fingerprint density at radius 2 is 2.00 bits per heavy atom. The number of rotatable bonds is 1. The van der Waals surface area contributed by atoms with Gasteiger partial charge in [-0.05, 0) is 12.8 Å². The summed E-state index contributed by atoms with van der Waals surface area (Å²) >= 11 is 2.36. The average Bonchev–Trinajstić information content (AvgIpc) is 1.90. The molecule has 0 radical (unpaired) electrons. The number of hydrogen-bond donors (Lipinski definition) is 1. The molecule has 1 saturated heterocycles. The zero-order chi connectivity index (χ0) is 6.69. The molecule has 0 aliphatic carbocycles. The van der Waals surface area contributed by atoms with E-state index in [1.807, 2.05) is 0 Å². The summed E-state index contributed by atoms with van der Waals surface area (Å²) in [5, 5.41) is 9.09. The standard InChI is InChI=1S/C6H12INO/c7-5-8-3-1-6(9)2-4-8/h6,9H,1-5H2. The Morgan fingerprint density at radius 1 is 1.44 bits per heavy atom. The number of aliphatic hydroxyl groups is 1. The minimum atomic E-state index is -0.0239. The second kappa shape index (κ2) is 3.73. The molecule has 1 N–H and O–H groups in total. The maximum atomic E-state index is 9.09. The van der Waals surface area contributed by atoms with Crippen LogP contribution in [0.1, 0.15) is 12.8 Å². The summed E-state index contributed by atoms with van der Waals surface area (Å²) in [6.07, 6.45) is 1.90. The second-order valence-corrected chi connectivity index (χ2v) is 3.15. The van der Waals surface area contributed by atoms with Crippen molar-refractivity contribution in [3.05, 3.63) is 0 Å². The zero-order valence-corrected chi connectivity index (χ0v) is 7.54. The number of piperidine rings is 1. The maximum Gasteiger partial charge on any atom is 0.0564 e. The minimum Gasteiger partial charge on any atom is -0.393 e. The Bertz CT molecular complexity index is 81.1. The first-order valence-corrected chi connectivity index (χ1v) is 4.82. The molecule has 1 aliphatic rings. The monoisotopic (exact) mass is 241 g/mol. The predicted octanol–water partition coefficient (Wildman–Crippen LogP) is 0.836. The quantitative estimate of drug-likeness (QED) is 0.417. The van der Waals surface area contributed by atoms with E-state index >= 15 is 0 Å². The van der Waals surface area contributed by atoms with Crippen LogP contribution in [0.15, 0.2) is 0 Å². The topological polar surface area (TPSA) is 23.5 Å². The summed E-state index contributed by atoms with van der Waals surface area (Å²) in [4.78, 5) is 2.35. The normalized spacial score (nSPS) is 24.7. The summed E-state index contributed by atoms with van der Waals surface area (Å²) in [5.41, 5.74) is 0. The summed E-state index contributed by atoms with van der Waals surface area (Å²) in [6.45, 7) is 2.15. The molecule has 0 aromatic carbocycles. The van der Waals surface area contributed by atoms with Gasteiger partial charge in [-0.3, -0.25) is 4.90 Å². The third kappa shape index (κ3) is 2.39. The minimum absolute atomic E-state index is 0.0239. The fourth-order valence-electron chi connectivity index (χ4n) is 1.04. The van der Waals surface area contributed by atoms with Crippen molar-refractivity contribution in [3.63, 3.8) is 0 Å². The first kappa shape index (κ1) is 7.75. The molecule has 1 heterocycles. The van der Waals surface area contributed by atoms with Crippen LogP contribution >= 0.6 is 22.6 Å². The molecule has 0 aromatic heterocycles. The number of alkyl halides is 1. The molecule has 9 heavy (non-hydrogen) atoms. The fraction of sp³-hybridized carbons (Fsp3) is 1.00. The molecule has 2 nitrogen and oxygen atoms in total. The SMILES string of the molecule is OC1CCN(CI)CC1. The van der Waals surface area contributed by atoms with Gasteiger partial charge in [0.25, 0.3) is 0 Å².